The van der Waals surface area contributed by atoms with Gasteiger partial charge in [-0.3, -0.25) is 0 Å². The summed E-state index contributed by atoms with van der Waals surface area (Å²) >= 11 is 0. The standard InChI is InChI=1S/C15H31NO/c1-3-15(4-2,13-17)12-16-11-7-10-14-8-5-6-9-14/h14,16-17H,3-13H2,1-2H3. The largest absolute Gasteiger partial charge is 0.396 e. The van der Waals surface area contributed by atoms with Crippen LogP contribution >= 0.6 is 0 Å². The Balaban J connectivity index is 2.05. The lowest BCUT2D eigenvalue weighted by molar-refractivity contribution is 0.113. The molecule has 0 bridgehead atoms. The molecule has 0 spiro atoms. The zero-order valence-corrected chi connectivity index (χ0v) is 11.8. The molecule has 1 aliphatic rings. The Morgan fingerprint density at radius 2 is 1.82 bits per heavy atom. The molecule has 0 aliphatic heterocycles. The van der Waals surface area contributed by atoms with Gasteiger partial charge in [0.05, 0.1) is 0 Å². The number of nitrogens with one attached hydrogen (secondary N) is 1. The van der Waals surface area contributed by atoms with E-state index in [0.717, 1.165) is 31.8 Å². The Hall–Kier alpha value is -0.0800. The molecule has 0 saturated heterocycles. The van der Waals surface area contributed by atoms with Gasteiger partial charge in [0.1, 0.15) is 0 Å². The van der Waals surface area contributed by atoms with Crippen LogP contribution in [0.15, 0.2) is 0 Å². The SMILES string of the molecule is CCC(CC)(CO)CNCCCC1CCCC1. The van der Waals surface area contributed by atoms with Gasteiger partial charge in [-0.15, -0.1) is 0 Å². The Morgan fingerprint density at radius 1 is 1.18 bits per heavy atom. The molecule has 2 N–H and O–H groups in total. The molecule has 102 valence electrons. The second kappa shape index (κ2) is 8.10. The van der Waals surface area contributed by atoms with Crippen molar-refractivity contribution in [1.29, 1.82) is 0 Å². The van der Waals surface area contributed by atoms with Gasteiger partial charge in [0.15, 0.2) is 0 Å². The molecule has 0 heterocycles. The zero-order valence-electron chi connectivity index (χ0n) is 11.8. The lowest BCUT2D eigenvalue weighted by Gasteiger charge is -2.29. The summed E-state index contributed by atoms with van der Waals surface area (Å²) < 4.78 is 0. The van der Waals surface area contributed by atoms with E-state index in [1.807, 2.05) is 0 Å². The first kappa shape index (κ1) is 15.0. The van der Waals surface area contributed by atoms with E-state index in [9.17, 15) is 5.11 Å². The van der Waals surface area contributed by atoms with Crippen LogP contribution in [0.1, 0.15) is 65.2 Å². The summed E-state index contributed by atoms with van der Waals surface area (Å²) in [4.78, 5) is 0. The molecule has 17 heavy (non-hydrogen) atoms. The molecule has 1 aliphatic carbocycles. The smallest absolute Gasteiger partial charge is 0.0499 e. The summed E-state index contributed by atoms with van der Waals surface area (Å²) in [6, 6.07) is 0. The molecule has 0 amide bonds. The molecule has 0 aromatic carbocycles. The Morgan fingerprint density at radius 3 is 2.35 bits per heavy atom. The van der Waals surface area contributed by atoms with E-state index in [-0.39, 0.29) is 5.41 Å². The molecule has 1 fully saturated rings. The van der Waals surface area contributed by atoms with Crippen molar-refractivity contribution >= 4 is 0 Å². The van der Waals surface area contributed by atoms with Gasteiger partial charge in [-0.05, 0) is 38.1 Å². The minimum atomic E-state index is 0.118. The highest BCUT2D eigenvalue weighted by atomic mass is 16.3. The molecular weight excluding hydrogens is 210 g/mol. The van der Waals surface area contributed by atoms with Crippen molar-refractivity contribution in [2.45, 2.75) is 65.2 Å². The Bertz CT molecular complexity index is 175. The zero-order chi connectivity index (χ0) is 12.6. The summed E-state index contributed by atoms with van der Waals surface area (Å²) in [6.45, 7) is 6.77. The Labute approximate surface area is 107 Å². The maximum Gasteiger partial charge on any atom is 0.0499 e. The molecule has 1 saturated carbocycles. The van der Waals surface area contributed by atoms with E-state index in [0.29, 0.717) is 6.61 Å². The fraction of sp³-hybridized carbons (Fsp3) is 1.00. The topological polar surface area (TPSA) is 32.3 Å². The van der Waals surface area contributed by atoms with Crippen LogP contribution in [0, 0.1) is 11.3 Å². The minimum Gasteiger partial charge on any atom is -0.396 e. The van der Waals surface area contributed by atoms with Gasteiger partial charge in [0.2, 0.25) is 0 Å². The normalized spacial score (nSPS) is 17.8. The summed E-state index contributed by atoms with van der Waals surface area (Å²) in [5.74, 6) is 1.01. The third-order valence-corrected chi connectivity index (χ3v) is 4.78. The third kappa shape index (κ3) is 4.97. The van der Waals surface area contributed by atoms with Gasteiger partial charge in [-0.25, -0.2) is 0 Å². The fourth-order valence-corrected chi connectivity index (χ4v) is 2.95. The second-order valence-electron chi connectivity index (χ2n) is 5.83. The number of aliphatic hydroxyl groups is 1. The van der Waals surface area contributed by atoms with Crippen molar-refractivity contribution in [3.05, 3.63) is 0 Å². The first-order valence-corrected chi connectivity index (χ1v) is 7.58. The molecule has 0 atom stereocenters. The highest BCUT2D eigenvalue weighted by Gasteiger charge is 2.24. The lowest BCUT2D eigenvalue weighted by Crippen LogP contribution is -2.37. The predicted molar refractivity (Wildman–Crippen MR) is 74.2 cm³/mol. The summed E-state index contributed by atoms with van der Waals surface area (Å²) in [5, 5.41) is 13.0. The minimum absolute atomic E-state index is 0.118. The van der Waals surface area contributed by atoms with Crippen molar-refractivity contribution in [2.75, 3.05) is 19.7 Å². The number of rotatable bonds is 9. The van der Waals surface area contributed by atoms with Crippen molar-refractivity contribution in [3.63, 3.8) is 0 Å². The van der Waals surface area contributed by atoms with E-state index >= 15 is 0 Å². The van der Waals surface area contributed by atoms with Crippen molar-refractivity contribution < 1.29 is 5.11 Å². The van der Waals surface area contributed by atoms with E-state index in [1.54, 1.807) is 0 Å². The van der Waals surface area contributed by atoms with Gasteiger partial charge >= 0.3 is 0 Å². The van der Waals surface area contributed by atoms with Crippen molar-refractivity contribution in [2.24, 2.45) is 11.3 Å². The van der Waals surface area contributed by atoms with Crippen molar-refractivity contribution in [1.82, 2.24) is 5.32 Å². The van der Waals surface area contributed by atoms with Crippen LogP contribution in [0.4, 0.5) is 0 Å². The molecule has 0 radical (unpaired) electrons. The maximum absolute atomic E-state index is 9.47. The molecular formula is C15H31NO. The van der Waals surface area contributed by atoms with E-state index in [4.69, 9.17) is 0 Å². The summed E-state index contributed by atoms with van der Waals surface area (Å²) in [7, 11) is 0. The van der Waals surface area contributed by atoms with Crippen LogP contribution in [0.5, 0.6) is 0 Å². The highest BCUT2D eigenvalue weighted by Crippen LogP contribution is 2.28. The average molecular weight is 241 g/mol. The maximum atomic E-state index is 9.47. The van der Waals surface area contributed by atoms with Crippen LogP contribution in [-0.2, 0) is 0 Å². The molecule has 1 rings (SSSR count). The van der Waals surface area contributed by atoms with E-state index in [2.05, 4.69) is 19.2 Å². The van der Waals surface area contributed by atoms with Gasteiger partial charge in [-0.2, -0.15) is 0 Å². The first-order valence-electron chi connectivity index (χ1n) is 7.58. The molecule has 2 heteroatoms. The van der Waals surface area contributed by atoms with Gasteiger partial charge < -0.3 is 10.4 Å². The van der Waals surface area contributed by atoms with Crippen LogP contribution < -0.4 is 5.32 Å². The third-order valence-electron chi connectivity index (χ3n) is 4.78. The quantitative estimate of drug-likeness (QED) is 0.607. The number of hydrogen-bond donors (Lipinski definition) is 2. The van der Waals surface area contributed by atoms with Gasteiger partial charge in [0, 0.05) is 18.6 Å². The molecule has 2 nitrogen and oxygen atoms in total. The monoisotopic (exact) mass is 241 g/mol. The molecule has 0 aromatic rings. The fourth-order valence-electron chi connectivity index (χ4n) is 2.95. The van der Waals surface area contributed by atoms with E-state index in [1.165, 1.54) is 38.5 Å². The first-order chi connectivity index (χ1) is 8.26. The van der Waals surface area contributed by atoms with Gasteiger partial charge in [0.25, 0.3) is 0 Å². The van der Waals surface area contributed by atoms with E-state index < -0.39 is 0 Å². The number of hydrogen-bond acceptors (Lipinski definition) is 2. The van der Waals surface area contributed by atoms with Crippen LogP contribution in [0.25, 0.3) is 0 Å². The highest BCUT2D eigenvalue weighted by molar-refractivity contribution is 4.78. The van der Waals surface area contributed by atoms with Crippen molar-refractivity contribution in [3.8, 4) is 0 Å². The predicted octanol–water partition coefficient (Wildman–Crippen LogP) is 3.35. The summed E-state index contributed by atoms with van der Waals surface area (Å²) in [5.41, 5.74) is 0.118. The summed E-state index contributed by atoms with van der Waals surface area (Å²) in [6.07, 6.45) is 10.7. The van der Waals surface area contributed by atoms with Crippen LogP contribution in [0.3, 0.4) is 0 Å². The number of aliphatic hydroxyl groups excluding tert-OH is 1. The molecule has 0 unspecified atom stereocenters. The average Bonchev–Trinajstić information content (AvgIpc) is 2.88. The van der Waals surface area contributed by atoms with Gasteiger partial charge in [-0.1, -0.05) is 39.5 Å². The Kier molecular flexibility index (Phi) is 7.14. The van der Waals surface area contributed by atoms with Crippen LogP contribution in [0.2, 0.25) is 0 Å². The van der Waals surface area contributed by atoms with Crippen LogP contribution in [-0.4, -0.2) is 24.8 Å². The lowest BCUT2D eigenvalue weighted by atomic mass is 9.83. The molecule has 0 aromatic heterocycles. The second-order valence-corrected chi connectivity index (χ2v) is 5.83.